The monoisotopic (exact) mass is 431 g/mol. The zero-order chi connectivity index (χ0) is 22.4. The van der Waals surface area contributed by atoms with Crippen LogP contribution in [-0.4, -0.2) is 5.91 Å². The van der Waals surface area contributed by atoms with Gasteiger partial charge in [-0.2, -0.15) is 0 Å². The van der Waals surface area contributed by atoms with Crippen molar-refractivity contribution < 1.29 is 9.18 Å². The second-order valence-electron chi connectivity index (χ2n) is 8.69. The zero-order valence-electron chi connectivity index (χ0n) is 18.0. The molecule has 6 rings (SSSR count). The number of anilines is 1. The maximum Gasteiger partial charge on any atom is 0.228 e. The van der Waals surface area contributed by atoms with Crippen LogP contribution >= 0.6 is 0 Å². The molecule has 0 aliphatic carbocycles. The number of carbonyl (C=O) groups excluding carboxylic acids is 1. The van der Waals surface area contributed by atoms with Gasteiger partial charge < -0.3 is 4.90 Å². The minimum atomic E-state index is -0.272. The van der Waals surface area contributed by atoms with Gasteiger partial charge in [0, 0.05) is 18.0 Å². The molecule has 1 atom stereocenters. The molecule has 0 fully saturated rings. The molecule has 2 nitrogen and oxygen atoms in total. The summed E-state index contributed by atoms with van der Waals surface area (Å²) in [5.41, 5.74) is 4.19. The van der Waals surface area contributed by atoms with E-state index in [0.29, 0.717) is 13.0 Å². The number of fused-ring (bicyclic) bond motifs is 4. The number of hydrogen-bond acceptors (Lipinski definition) is 1. The Balaban J connectivity index is 1.52. The van der Waals surface area contributed by atoms with E-state index in [1.54, 1.807) is 12.1 Å². The van der Waals surface area contributed by atoms with Crippen LogP contribution in [0, 0.1) is 5.82 Å². The highest BCUT2D eigenvalue weighted by Crippen LogP contribution is 2.45. The molecule has 5 aromatic rings. The van der Waals surface area contributed by atoms with E-state index in [1.807, 2.05) is 23.1 Å². The SMILES string of the molecule is O=C1CC(c2ccc3ccccc3c2)c2c(ccc3ccccc23)N1Cc1ccc(F)cc1. The Kier molecular flexibility index (Phi) is 4.69. The summed E-state index contributed by atoms with van der Waals surface area (Å²) >= 11 is 0. The first-order valence-corrected chi connectivity index (χ1v) is 11.2. The normalized spacial score (nSPS) is 15.7. The van der Waals surface area contributed by atoms with Crippen LogP contribution in [0.25, 0.3) is 21.5 Å². The van der Waals surface area contributed by atoms with Crippen molar-refractivity contribution in [3.63, 3.8) is 0 Å². The van der Waals surface area contributed by atoms with Crippen LogP contribution in [0.4, 0.5) is 10.1 Å². The first kappa shape index (κ1) is 19.7. The van der Waals surface area contributed by atoms with Crippen molar-refractivity contribution in [2.75, 3.05) is 4.90 Å². The molecule has 160 valence electrons. The summed E-state index contributed by atoms with van der Waals surface area (Å²) in [5.74, 6) is -0.209. The molecule has 0 aromatic heterocycles. The van der Waals surface area contributed by atoms with Gasteiger partial charge >= 0.3 is 0 Å². The van der Waals surface area contributed by atoms with Crippen molar-refractivity contribution in [3.8, 4) is 0 Å². The minimum absolute atomic E-state index is 0.0207. The van der Waals surface area contributed by atoms with Crippen molar-refractivity contribution in [3.05, 3.63) is 126 Å². The number of nitrogens with zero attached hydrogens (tertiary/aromatic N) is 1. The number of carbonyl (C=O) groups is 1. The third-order valence-corrected chi connectivity index (χ3v) is 6.70. The molecule has 1 heterocycles. The van der Waals surface area contributed by atoms with Crippen LogP contribution in [0.5, 0.6) is 0 Å². The second kappa shape index (κ2) is 7.86. The fourth-order valence-corrected chi connectivity index (χ4v) is 5.06. The van der Waals surface area contributed by atoms with Gasteiger partial charge in [-0.05, 0) is 56.4 Å². The van der Waals surface area contributed by atoms with Gasteiger partial charge in [0.2, 0.25) is 5.91 Å². The summed E-state index contributed by atoms with van der Waals surface area (Å²) in [6.45, 7) is 0.425. The maximum absolute atomic E-state index is 13.5. The number of benzene rings is 5. The van der Waals surface area contributed by atoms with Crippen LogP contribution in [-0.2, 0) is 11.3 Å². The van der Waals surface area contributed by atoms with Crippen LogP contribution in [0.15, 0.2) is 103 Å². The average molecular weight is 432 g/mol. The van der Waals surface area contributed by atoms with Gasteiger partial charge in [-0.15, -0.1) is 0 Å². The number of rotatable bonds is 3. The van der Waals surface area contributed by atoms with Gasteiger partial charge in [-0.1, -0.05) is 84.9 Å². The molecule has 0 saturated carbocycles. The molecule has 3 heteroatoms. The van der Waals surface area contributed by atoms with E-state index < -0.39 is 0 Å². The quantitative estimate of drug-likeness (QED) is 0.296. The predicted octanol–water partition coefficient (Wildman–Crippen LogP) is 7.20. The minimum Gasteiger partial charge on any atom is -0.308 e. The standard InChI is InChI=1S/C30H22FNO/c31-25-14-9-20(10-15-25)19-32-28-16-13-22-6-3-4-8-26(22)30(28)27(18-29(32)33)24-12-11-21-5-1-2-7-23(21)17-24/h1-17,27H,18-19H2. The Labute approximate surface area is 191 Å². The van der Waals surface area contributed by atoms with Gasteiger partial charge in [-0.25, -0.2) is 4.39 Å². The lowest BCUT2D eigenvalue weighted by molar-refractivity contribution is -0.119. The summed E-state index contributed by atoms with van der Waals surface area (Å²) in [6, 6.07) is 33.7. The second-order valence-corrected chi connectivity index (χ2v) is 8.69. The van der Waals surface area contributed by atoms with Crippen molar-refractivity contribution in [2.45, 2.75) is 18.9 Å². The molecule has 1 unspecified atom stereocenters. The summed E-state index contributed by atoms with van der Waals surface area (Å²) in [5, 5.41) is 4.71. The summed E-state index contributed by atoms with van der Waals surface area (Å²) in [4.78, 5) is 15.3. The number of halogens is 1. The van der Waals surface area contributed by atoms with Gasteiger partial charge in [0.05, 0.1) is 6.54 Å². The smallest absolute Gasteiger partial charge is 0.228 e. The fourth-order valence-electron chi connectivity index (χ4n) is 5.06. The van der Waals surface area contributed by atoms with Crippen LogP contribution in [0.1, 0.15) is 29.0 Å². The summed E-state index contributed by atoms with van der Waals surface area (Å²) in [6.07, 6.45) is 0.403. The van der Waals surface area contributed by atoms with E-state index in [-0.39, 0.29) is 17.6 Å². The molecule has 5 aromatic carbocycles. The summed E-state index contributed by atoms with van der Waals surface area (Å²) in [7, 11) is 0. The lowest BCUT2D eigenvalue weighted by Crippen LogP contribution is -2.36. The molecule has 33 heavy (non-hydrogen) atoms. The van der Waals surface area contributed by atoms with Gasteiger partial charge in [0.1, 0.15) is 5.82 Å². The van der Waals surface area contributed by atoms with Crippen molar-refractivity contribution in [1.82, 2.24) is 0 Å². The predicted molar refractivity (Wildman–Crippen MR) is 132 cm³/mol. The fraction of sp³-hybridized carbons (Fsp3) is 0.100. The highest BCUT2D eigenvalue weighted by Gasteiger charge is 2.33. The molecule has 0 saturated heterocycles. The largest absolute Gasteiger partial charge is 0.308 e. The molecular formula is C30H22FNO. The van der Waals surface area contributed by atoms with Crippen molar-refractivity contribution in [2.24, 2.45) is 0 Å². The van der Waals surface area contributed by atoms with E-state index in [0.717, 1.165) is 22.2 Å². The van der Waals surface area contributed by atoms with E-state index in [1.165, 1.54) is 33.9 Å². The van der Waals surface area contributed by atoms with E-state index in [4.69, 9.17) is 0 Å². The maximum atomic E-state index is 13.5. The highest BCUT2D eigenvalue weighted by atomic mass is 19.1. The Morgan fingerprint density at radius 3 is 2.27 bits per heavy atom. The van der Waals surface area contributed by atoms with Gasteiger partial charge in [0.25, 0.3) is 0 Å². The molecule has 1 aliphatic rings. The zero-order valence-corrected chi connectivity index (χ0v) is 18.0. The van der Waals surface area contributed by atoms with E-state index >= 15 is 0 Å². The van der Waals surface area contributed by atoms with E-state index in [2.05, 4.69) is 60.7 Å². The van der Waals surface area contributed by atoms with Crippen molar-refractivity contribution >= 4 is 33.1 Å². The van der Waals surface area contributed by atoms with Gasteiger partial charge in [-0.3, -0.25) is 4.79 Å². The molecular weight excluding hydrogens is 409 g/mol. The third-order valence-electron chi connectivity index (χ3n) is 6.70. The Morgan fingerprint density at radius 2 is 1.45 bits per heavy atom. The molecule has 1 amide bonds. The third kappa shape index (κ3) is 3.46. The molecule has 0 N–H and O–H groups in total. The Bertz CT molecular complexity index is 1510. The Hall–Kier alpha value is -3.98. The molecule has 0 spiro atoms. The first-order valence-electron chi connectivity index (χ1n) is 11.2. The number of amides is 1. The lowest BCUT2D eigenvalue weighted by atomic mass is 9.80. The van der Waals surface area contributed by atoms with Crippen LogP contribution in [0.3, 0.4) is 0 Å². The average Bonchev–Trinajstić information content (AvgIpc) is 2.86. The van der Waals surface area contributed by atoms with E-state index in [9.17, 15) is 9.18 Å². The highest BCUT2D eigenvalue weighted by molar-refractivity contribution is 6.03. The van der Waals surface area contributed by atoms with Crippen LogP contribution in [0.2, 0.25) is 0 Å². The summed E-state index contributed by atoms with van der Waals surface area (Å²) < 4.78 is 13.4. The molecule has 1 aliphatic heterocycles. The number of hydrogen-bond donors (Lipinski definition) is 0. The lowest BCUT2D eigenvalue weighted by Gasteiger charge is -2.35. The Morgan fingerprint density at radius 1 is 0.758 bits per heavy atom. The van der Waals surface area contributed by atoms with Gasteiger partial charge in [0.15, 0.2) is 0 Å². The molecule has 0 bridgehead atoms. The topological polar surface area (TPSA) is 20.3 Å². The molecule has 0 radical (unpaired) electrons. The van der Waals surface area contributed by atoms with Crippen molar-refractivity contribution in [1.29, 1.82) is 0 Å². The van der Waals surface area contributed by atoms with Crippen LogP contribution < -0.4 is 4.90 Å². The first-order chi connectivity index (χ1) is 16.2.